The molecule has 1 aliphatic rings. The lowest BCUT2D eigenvalue weighted by molar-refractivity contribution is -0.138. The van der Waals surface area contributed by atoms with E-state index in [1.165, 1.54) is 6.33 Å². The van der Waals surface area contributed by atoms with E-state index < -0.39 is 5.97 Å². The van der Waals surface area contributed by atoms with E-state index in [2.05, 4.69) is 9.97 Å². The molecule has 2 heterocycles. The molecular formula is C15H22FN3O2. The molecule has 116 valence electrons. The summed E-state index contributed by atoms with van der Waals surface area (Å²) in [7, 11) is 0. The number of hydrogen-bond donors (Lipinski definition) is 1. The van der Waals surface area contributed by atoms with Crippen molar-refractivity contribution in [2.45, 2.75) is 39.5 Å². The maximum absolute atomic E-state index is 14.3. The van der Waals surface area contributed by atoms with Gasteiger partial charge in [0.1, 0.15) is 6.33 Å². The third-order valence-electron chi connectivity index (χ3n) is 4.24. The molecule has 0 saturated carbocycles. The molecule has 0 spiro atoms. The van der Waals surface area contributed by atoms with Gasteiger partial charge < -0.3 is 10.0 Å². The summed E-state index contributed by atoms with van der Waals surface area (Å²) in [5.74, 6) is -0.420. The van der Waals surface area contributed by atoms with Crippen molar-refractivity contribution < 1.29 is 14.3 Å². The Morgan fingerprint density at radius 2 is 2.33 bits per heavy atom. The number of nitrogens with zero attached hydrogens (tertiary/aromatic N) is 3. The van der Waals surface area contributed by atoms with Gasteiger partial charge in [0.15, 0.2) is 11.6 Å². The van der Waals surface area contributed by atoms with Crippen LogP contribution in [-0.4, -0.2) is 34.1 Å². The Morgan fingerprint density at radius 3 is 3.00 bits per heavy atom. The van der Waals surface area contributed by atoms with E-state index in [4.69, 9.17) is 5.11 Å². The topological polar surface area (TPSA) is 66.3 Å². The summed E-state index contributed by atoms with van der Waals surface area (Å²) in [6.45, 7) is 5.23. The van der Waals surface area contributed by atoms with Crippen LogP contribution in [0.2, 0.25) is 0 Å². The quantitative estimate of drug-likeness (QED) is 0.904. The van der Waals surface area contributed by atoms with E-state index in [0.717, 1.165) is 19.4 Å². The number of carboxylic acids is 1. The fourth-order valence-electron chi connectivity index (χ4n) is 2.97. The highest BCUT2D eigenvalue weighted by molar-refractivity contribution is 5.67. The third kappa shape index (κ3) is 3.68. The first kappa shape index (κ1) is 15.7. The second-order valence-corrected chi connectivity index (χ2v) is 5.73. The molecule has 1 aromatic rings. The SMILES string of the molecule is CCc1ncnc(N2CCCC(C(C)CC(=O)O)C2)c1F. The highest BCUT2D eigenvalue weighted by Gasteiger charge is 2.28. The minimum absolute atomic E-state index is 0.0841. The molecule has 6 heteroatoms. The average molecular weight is 295 g/mol. The standard InChI is InChI=1S/C15H22FN3O2/c1-3-12-14(16)15(18-9-17-12)19-6-4-5-11(8-19)10(2)7-13(20)21/h9-11H,3-8H2,1-2H3,(H,20,21). The van der Waals surface area contributed by atoms with Crippen LogP contribution in [0, 0.1) is 17.7 Å². The van der Waals surface area contributed by atoms with Crippen LogP contribution in [0.15, 0.2) is 6.33 Å². The number of aryl methyl sites for hydroxylation is 1. The van der Waals surface area contributed by atoms with Crippen molar-refractivity contribution in [1.82, 2.24) is 9.97 Å². The molecule has 0 amide bonds. The van der Waals surface area contributed by atoms with Gasteiger partial charge in [-0.05, 0) is 31.1 Å². The highest BCUT2D eigenvalue weighted by atomic mass is 19.1. The number of rotatable bonds is 5. The Hall–Kier alpha value is -1.72. The molecule has 1 saturated heterocycles. The highest BCUT2D eigenvalue weighted by Crippen LogP contribution is 2.29. The zero-order valence-electron chi connectivity index (χ0n) is 12.5. The van der Waals surface area contributed by atoms with Gasteiger partial charge in [0.25, 0.3) is 0 Å². The largest absolute Gasteiger partial charge is 0.481 e. The zero-order chi connectivity index (χ0) is 15.4. The summed E-state index contributed by atoms with van der Waals surface area (Å²) in [5, 5.41) is 8.92. The van der Waals surface area contributed by atoms with Gasteiger partial charge in [0.05, 0.1) is 5.69 Å². The van der Waals surface area contributed by atoms with Crippen LogP contribution in [0.4, 0.5) is 10.2 Å². The number of piperidine rings is 1. The van der Waals surface area contributed by atoms with Gasteiger partial charge in [0, 0.05) is 19.5 Å². The van der Waals surface area contributed by atoms with Crippen LogP contribution in [0.25, 0.3) is 0 Å². The van der Waals surface area contributed by atoms with Crippen molar-refractivity contribution in [1.29, 1.82) is 0 Å². The van der Waals surface area contributed by atoms with E-state index in [-0.39, 0.29) is 24.1 Å². The van der Waals surface area contributed by atoms with E-state index in [9.17, 15) is 9.18 Å². The molecule has 2 unspecified atom stereocenters. The summed E-state index contributed by atoms with van der Waals surface area (Å²) >= 11 is 0. The van der Waals surface area contributed by atoms with Gasteiger partial charge in [-0.2, -0.15) is 0 Å². The Kier molecular flexibility index (Phi) is 5.09. The Balaban J connectivity index is 2.12. The van der Waals surface area contributed by atoms with Crippen molar-refractivity contribution in [3.63, 3.8) is 0 Å². The molecule has 0 aliphatic carbocycles. The minimum atomic E-state index is -0.777. The van der Waals surface area contributed by atoms with Crippen LogP contribution in [0.5, 0.6) is 0 Å². The molecule has 1 fully saturated rings. The second kappa shape index (κ2) is 6.83. The summed E-state index contributed by atoms with van der Waals surface area (Å²) in [4.78, 5) is 20.8. The Labute approximate surface area is 124 Å². The van der Waals surface area contributed by atoms with Crippen molar-refractivity contribution in [2.75, 3.05) is 18.0 Å². The number of hydrogen-bond acceptors (Lipinski definition) is 4. The summed E-state index contributed by atoms with van der Waals surface area (Å²) < 4.78 is 14.3. The fraction of sp³-hybridized carbons (Fsp3) is 0.667. The molecule has 2 atom stereocenters. The van der Waals surface area contributed by atoms with Gasteiger partial charge in [-0.1, -0.05) is 13.8 Å². The van der Waals surface area contributed by atoms with E-state index in [1.54, 1.807) is 0 Å². The summed E-state index contributed by atoms with van der Waals surface area (Å²) in [6.07, 6.45) is 4.01. The van der Waals surface area contributed by atoms with Gasteiger partial charge >= 0.3 is 5.97 Å². The van der Waals surface area contributed by atoms with Gasteiger partial charge in [0.2, 0.25) is 0 Å². The van der Waals surface area contributed by atoms with Crippen molar-refractivity contribution in [2.24, 2.45) is 11.8 Å². The molecule has 0 aromatic carbocycles. The van der Waals surface area contributed by atoms with Crippen LogP contribution < -0.4 is 4.90 Å². The van der Waals surface area contributed by atoms with Gasteiger partial charge in [-0.25, -0.2) is 14.4 Å². The Morgan fingerprint density at radius 1 is 1.57 bits per heavy atom. The number of aliphatic carboxylic acids is 1. The number of carboxylic acid groups (broad SMARTS) is 1. The fourth-order valence-corrected chi connectivity index (χ4v) is 2.97. The van der Waals surface area contributed by atoms with Crippen LogP contribution in [-0.2, 0) is 11.2 Å². The zero-order valence-corrected chi connectivity index (χ0v) is 12.5. The number of aromatic nitrogens is 2. The first-order chi connectivity index (χ1) is 10.0. The lowest BCUT2D eigenvalue weighted by Gasteiger charge is -2.36. The van der Waals surface area contributed by atoms with Crippen LogP contribution in [0.3, 0.4) is 0 Å². The van der Waals surface area contributed by atoms with E-state index in [1.807, 2.05) is 18.7 Å². The first-order valence-corrected chi connectivity index (χ1v) is 7.49. The summed E-state index contributed by atoms with van der Waals surface area (Å²) in [6, 6.07) is 0. The smallest absolute Gasteiger partial charge is 0.303 e. The van der Waals surface area contributed by atoms with Crippen molar-refractivity contribution >= 4 is 11.8 Å². The molecule has 0 bridgehead atoms. The molecule has 1 aromatic heterocycles. The second-order valence-electron chi connectivity index (χ2n) is 5.73. The van der Waals surface area contributed by atoms with Crippen LogP contribution in [0.1, 0.15) is 38.8 Å². The molecule has 5 nitrogen and oxygen atoms in total. The third-order valence-corrected chi connectivity index (χ3v) is 4.24. The van der Waals surface area contributed by atoms with E-state index in [0.29, 0.717) is 24.5 Å². The predicted molar refractivity (Wildman–Crippen MR) is 77.7 cm³/mol. The molecule has 21 heavy (non-hydrogen) atoms. The van der Waals surface area contributed by atoms with Crippen LogP contribution >= 0.6 is 0 Å². The molecule has 1 aliphatic heterocycles. The van der Waals surface area contributed by atoms with Gasteiger partial charge in [-0.3, -0.25) is 4.79 Å². The monoisotopic (exact) mass is 295 g/mol. The molecule has 1 N–H and O–H groups in total. The predicted octanol–water partition coefficient (Wildman–Crippen LogP) is 2.51. The first-order valence-electron chi connectivity index (χ1n) is 7.49. The average Bonchev–Trinajstić information content (AvgIpc) is 2.47. The summed E-state index contributed by atoms with van der Waals surface area (Å²) in [5.41, 5.74) is 0.431. The lowest BCUT2D eigenvalue weighted by Crippen LogP contribution is -2.39. The number of halogens is 1. The minimum Gasteiger partial charge on any atom is -0.481 e. The molecular weight excluding hydrogens is 273 g/mol. The van der Waals surface area contributed by atoms with Crippen molar-refractivity contribution in [3.05, 3.63) is 17.8 Å². The van der Waals surface area contributed by atoms with Gasteiger partial charge in [-0.15, -0.1) is 0 Å². The molecule has 2 rings (SSSR count). The maximum Gasteiger partial charge on any atom is 0.303 e. The number of carbonyl (C=O) groups is 1. The molecule has 0 radical (unpaired) electrons. The van der Waals surface area contributed by atoms with E-state index >= 15 is 0 Å². The number of anilines is 1. The maximum atomic E-state index is 14.3. The van der Waals surface area contributed by atoms with Crippen molar-refractivity contribution in [3.8, 4) is 0 Å². The Bertz CT molecular complexity index is 510. The normalized spacial score (nSPS) is 20.3. The lowest BCUT2D eigenvalue weighted by atomic mass is 9.84.